The molecule has 124 valence electrons. The molecule has 2 rings (SSSR count). The van der Waals surface area contributed by atoms with Crippen LogP contribution in [0.1, 0.15) is 37.7 Å². The third-order valence-corrected chi connectivity index (χ3v) is 3.54. The van der Waals surface area contributed by atoms with Gasteiger partial charge >= 0.3 is 5.63 Å². The number of carbonyl (C=O) groups is 1. The molecule has 1 aromatic carbocycles. The van der Waals surface area contributed by atoms with E-state index in [0.29, 0.717) is 24.4 Å². The van der Waals surface area contributed by atoms with Crippen LogP contribution >= 0.6 is 0 Å². The Balaban J connectivity index is 1.83. The standard InChI is InChI=1S/C17H21NO5/c1-12-7-8-13-14(11-17(20)23-15(13)10-12)22-9-5-3-2-4-6-16(19)18-21/h7-8,10-11,21H,2-6,9H2,1H3,(H,18,19). The van der Waals surface area contributed by atoms with Crippen molar-refractivity contribution < 1.29 is 19.2 Å². The summed E-state index contributed by atoms with van der Waals surface area (Å²) in [5.41, 5.74) is 2.74. The zero-order valence-electron chi connectivity index (χ0n) is 13.1. The summed E-state index contributed by atoms with van der Waals surface area (Å²) in [4.78, 5) is 22.4. The van der Waals surface area contributed by atoms with E-state index in [1.54, 1.807) is 5.48 Å². The normalized spacial score (nSPS) is 10.7. The molecule has 1 aromatic heterocycles. The van der Waals surface area contributed by atoms with E-state index in [2.05, 4.69) is 0 Å². The number of fused-ring (bicyclic) bond motifs is 1. The monoisotopic (exact) mass is 319 g/mol. The summed E-state index contributed by atoms with van der Waals surface area (Å²) >= 11 is 0. The summed E-state index contributed by atoms with van der Waals surface area (Å²) in [5.74, 6) is 0.176. The molecular formula is C17H21NO5. The second-order valence-electron chi connectivity index (χ2n) is 5.48. The summed E-state index contributed by atoms with van der Waals surface area (Å²) in [6.45, 7) is 2.43. The maximum absolute atomic E-state index is 11.6. The molecule has 0 atom stereocenters. The zero-order valence-corrected chi connectivity index (χ0v) is 13.1. The van der Waals surface area contributed by atoms with Gasteiger partial charge in [-0.25, -0.2) is 10.3 Å². The number of aryl methyl sites for hydroxylation is 1. The first-order chi connectivity index (χ1) is 11.1. The molecule has 2 N–H and O–H groups in total. The van der Waals surface area contributed by atoms with Gasteiger partial charge in [0.1, 0.15) is 11.3 Å². The van der Waals surface area contributed by atoms with Gasteiger partial charge in [-0.15, -0.1) is 0 Å². The maximum Gasteiger partial charge on any atom is 0.339 e. The lowest BCUT2D eigenvalue weighted by Crippen LogP contribution is -2.17. The molecule has 0 fully saturated rings. The van der Waals surface area contributed by atoms with Crippen LogP contribution in [0, 0.1) is 6.92 Å². The van der Waals surface area contributed by atoms with Crippen LogP contribution < -0.4 is 15.8 Å². The summed E-state index contributed by atoms with van der Waals surface area (Å²) in [5, 5.41) is 9.16. The Bertz CT molecular complexity index is 722. The fourth-order valence-electron chi connectivity index (χ4n) is 2.34. The predicted octanol–water partition coefficient (Wildman–Crippen LogP) is 2.94. The minimum atomic E-state index is -0.423. The molecule has 0 aliphatic carbocycles. The number of carbonyl (C=O) groups excluding carboxylic acids is 1. The minimum Gasteiger partial charge on any atom is -0.493 e. The molecule has 6 heteroatoms. The fraction of sp³-hybridized carbons (Fsp3) is 0.412. The molecule has 6 nitrogen and oxygen atoms in total. The SMILES string of the molecule is Cc1ccc2c(OCCCCCCC(=O)NO)cc(=O)oc2c1. The molecular weight excluding hydrogens is 298 g/mol. The number of hydrogen-bond donors (Lipinski definition) is 2. The average molecular weight is 319 g/mol. The zero-order chi connectivity index (χ0) is 16.7. The van der Waals surface area contributed by atoms with E-state index < -0.39 is 5.63 Å². The van der Waals surface area contributed by atoms with E-state index in [9.17, 15) is 9.59 Å². The third kappa shape index (κ3) is 5.10. The van der Waals surface area contributed by atoms with Gasteiger partial charge in [0.15, 0.2) is 0 Å². The summed E-state index contributed by atoms with van der Waals surface area (Å²) in [7, 11) is 0. The Morgan fingerprint density at radius 1 is 1.22 bits per heavy atom. The Kier molecular flexibility index (Phi) is 6.17. The Labute approximate surface area is 134 Å². The number of unbranched alkanes of at least 4 members (excludes halogenated alkanes) is 3. The van der Waals surface area contributed by atoms with Gasteiger partial charge in [-0.2, -0.15) is 0 Å². The van der Waals surface area contributed by atoms with Crippen molar-refractivity contribution in [3.05, 3.63) is 40.2 Å². The highest BCUT2D eigenvalue weighted by molar-refractivity contribution is 5.83. The van der Waals surface area contributed by atoms with Crippen LogP contribution in [0.3, 0.4) is 0 Å². The van der Waals surface area contributed by atoms with Crippen LogP contribution in [0.2, 0.25) is 0 Å². The minimum absolute atomic E-state index is 0.321. The van der Waals surface area contributed by atoms with Gasteiger partial charge in [0.2, 0.25) is 5.91 Å². The smallest absolute Gasteiger partial charge is 0.339 e. The highest BCUT2D eigenvalue weighted by atomic mass is 16.5. The van der Waals surface area contributed by atoms with Crippen LogP contribution in [-0.4, -0.2) is 17.7 Å². The van der Waals surface area contributed by atoms with Crippen molar-refractivity contribution >= 4 is 16.9 Å². The maximum atomic E-state index is 11.6. The highest BCUT2D eigenvalue weighted by Crippen LogP contribution is 2.24. The van der Waals surface area contributed by atoms with Crippen molar-refractivity contribution in [2.24, 2.45) is 0 Å². The molecule has 0 spiro atoms. The number of amides is 1. The summed E-state index contributed by atoms with van der Waals surface area (Å²) < 4.78 is 10.9. The van der Waals surface area contributed by atoms with E-state index in [4.69, 9.17) is 14.4 Å². The second-order valence-corrected chi connectivity index (χ2v) is 5.48. The van der Waals surface area contributed by atoms with Crippen molar-refractivity contribution in [3.63, 3.8) is 0 Å². The van der Waals surface area contributed by atoms with Crippen LogP contribution in [0.5, 0.6) is 5.75 Å². The van der Waals surface area contributed by atoms with Crippen LogP contribution in [0.25, 0.3) is 11.0 Å². The molecule has 0 saturated heterocycles. The van der Waals surface area contributed by atoms with E-state index in [1.807, 2.05) is 25.1 Å². The lowest BCUT2D eigenvalue weighted by Gasteiger charge is -2.08. The van der Waals surface area contributed by atoms with Gasteiger partial charge < -0.3 is 9.15 Å². The number of ether oxygens (including phenoxy) is 1. The quantitative estimate of drug-likeness (QED) is 0.338. The number of hydroxylamine groups is 1. The van der Waals surface area contributed by atoms with Crippen LogP contribution in [0.4, 0.5) is 0 Å². The number of nitrogens with one attached hydrogen (secondary N) is 1. The topological polar surface area (TPSA) is 88.8 Å². The van der Waals surface area contributed by atoms with Gasteiger partial charge in [-0.1, -0.05) is 18.9 Å². The molecule has 0 saturated carbocycles. The lowest BCUT2D eigenvalue weighted by molar-refractivity contribution is -0.129. The Hall–Kier alpha value is -2.34. The van der Waals surface area contributed by atoms with Crippen molar-refractivity contribution in [2.75, 3.05) is 6.61 Å². The summed E-state index contributed by atoms with van der Waals surface area (Å²) in [6, 6.07) is 7.01. The summed E-state index contributed by atoms with van der Waals surface area (Å²) in [6.07, 6.45) is 3.67. The molecule has 0 aliphatic rings. The van der Waals surface area contributed by atoms with E-state index in [-0.39, 0.29) is 5.91 Å². The lowest BCUT2D eigenvalue weighted by atomic mass is 10.1. The molecule has 0 unspecified atom stereocenters. The molecule has 0 aliphatic heterocycles. The number of hydrogen-bond acceptors (Lipinski definition) is 5. The van der Waals surface area contributed by atoms with Crippen molar-refractivity contribution in [1.29, 1.82) is 0 Å². The van der Waals surface area contributed by atoms with Gasteiger partial charge in [0.25, 0.3) is 0 Å². The first-order valence-electron chi connectivity index (χ1n) is 7.70. The van der Waals surface area contributed by atoms with Crippen molar-refractivity contribution in [3.8, 4) is 5.75 Å². The van der Waals surface area contributed by atoms with E-state index >= 15 is 0 Å². The highest BCUT2D eigenvalue weighted by Gasteiger charge is 2.07. The van der Waals surface area contributed by atoms with Crippen molar-refractivity contribution in [1.82, 2.24) is 5.48 Å². The van der Waals surface area contributed by atoms with Crippen LogP contribution in [0.15, 0.2) is 33.5 Å². The molecule has 0 radical (unpaired) electrons. The molecule has 1 amide bonds. The Morgan fingerprint density at radius 2 is 2.00 bits per heavy atom. The van der Waals surface area contributed by atoms with E-state index in [1.165, 1.54) is 6.07 Å². The molecule has 1 heterocycles. The van der Waals surface area contributed by atoms with Gasteiger partial charge in [-0.05, 0) is 37.5 Å². The largest absolute Gasteiger partial charge is 0.493 e. The number of rotatable bonds is 8. The Morgan fingerprint density at radius 3 is 2.78 bits per heavy atom. The molecule has 0 bridgehead atoms. The van der Waals surface area contributed by atoms with Crippen molar-refractivity contribution in [2.45, 2.75) is 39.0 Å². The number of benzene rings is 1. The molecule has 23 heavy (non-hydrogen) atoms. The van der Waals surface area contributed by atoms with E-state index in [0.717, 1.165) is 36.6 Å². The van der Waals surface area contributed by atoms with Crippen LogP contribution in [-0.2, 0) is 4.79 Å². The first-order valence-corrected chi connectivity index (χ1v) is 7.70. The third-order valence-electron chi connectivity index (χ3n) is 3.54. The van der Waals surface area contributed by atoms with Gasteiger partial charge in [-0.3, -0.25) is 10.0 Å². The first kappa shape index (κ1) is 17.0. The fourth-order valence-corrected chi connectivity index (χ4v) is 2.34. The van der Waals surface area contributed by atoms with Gasteiger partial charge in [0, 0.05) is 6.42 Å². The molecule has 2 aromatic rings. The second kappa shape index (κ2) is 8.33. The average Bonchev–Trinajstić information content (AvgIpc) is 2.52. The van der Waals surface area contributed by atoms with Gasteiger partial charge in [0.05, 0.1) is 18.1 Å². The predicted molar refractivity (Wildman–Crippen MR) is 85.7 cm³/mol.